The third-order valence-corrected chi connectivity index (χ3v) is 5.16. The Morgan fingerprint density at radius 2 is 1.82 bits per heavy atom. The van der Waals surface area contributed by atoms with Crippen LogP contribution < -0.4 is 5.56 Å². The molecule has 0 spiro atoms. The van der Waals surface area contributed by atoms with Gasteiger partial charge in [0.05, 0.1) is 17.3 Å². The molecule has 0 fully saturated rings. The summed E-state index contributed by atoms with van der Waals surface area (Å²) in [5.41, 5.74) is 1.77. The SMILES string of the molecule is Cc1c(C=Nc2ccc(Br)cc2)c(O)n(C(C)c2ccccc2)c(=O)c1C#N. The zero-order valence-corrected chi connectivity index (χ0v) is 17.0. The average molecular weight is 436 g/mol. The highest BCUT2D eigenvalue weighted by Gasteiger charge is 2.22. The van der Waals surface area contributed by atoms with Crippen LogP contribution in [0, 0.1) is 18.3 Å². The second-order valence-corrected chi connectivity index (χ2v) is 7.26. The first-order valence-electron chi connectivity index (χ1n) is 8.66. The number of aromatic nitrogens is 1. The molecule has 0 aliphatic carbocycles. The third kappa shape index (κ3) is 3.75. The topological polar surface area (TPSA) is 78.4 Å². The van der Waals surface area contributed by atoms with Crippen LogP contribution in [-0.4, -0.2) is 15.9 Å². The van der Waals surface area contributed by atoms with Gasteiger partial charge in [0, 0.05) is 10.7 Å². The van der Waals surface area contributed by atoms with Gasteiger partial charge >= 0.3 is 0 Å². The Kier molecular flexibility index (Phi) is 5.76. The number of benzene rings is 2. The first-order chi connectivity index (χ1) is 13.4. The van der Waals surface area contributed by atoms with Crippen LogP contribution in [0.1, 0.15) is 35.2 Å². The number of nitriles is 1. The third-order valence-electron chi connectivity index (χ3n) is 4.63. The fourth-order valence-corrected chi connectivity index (χ4v) is 3.27. The summed E-state index contributed by atoms with van der Waals surface area (Å²) in [6, 6.07) is 18.2. The van der Waals surface area contributed by atoms with Crippen molar-refractivity contribution in [2.45, 2.75) is 19.9 Å². The number of nitrogens with zero attached hydrogens (tertiary/aromatic N) is 3. The highest BCUT2D eigenvalue weighted by atomic mass is 79.9. The van der Waals surface area contributed by atoms with Gasteiger partial charge in [0.25, 0.3) is 5.56 Å². The van der Waals surface area contributed by atoms with E-state index in [0.717, 1.165) is 10.0 Å². The van der Waals surface area contributed by atoms with Crippen LogP contribution in [0.25, 0.3) is 0 Å². The molecule has 140 valence electrons. The zero-order chi connectivity index (χ0) is 20.3. The molecule has 3 aromatic rings. The maximum atomic E-state index is 12.9. The molecular weight excluding hydrogens is 418 g/mol. The van der Waals surface area contributed by atoms with Crippen molar-refractivity contribution in [3.63, 3.8) is 0 Å². The molecule has 1 atom stereocenters. The minimum atomic E-state index is -0.519. The molecule has 0 saturated heterocycles. The normalized spacial score (nSPS) is 12.1. The molecule has 28 heavy (non-hydrogen) atoms. The molecule has 0 radical (unpaired) electrons. The second-order valence-electron chi connectivity index (χ2n) is 6.35. The van der Waals surface area contributed by atoms with E-state index in [0.29, 0.717) is 16.8 Å². The van der Waals surface area contributed by atoms with Gasteiger partial charge in [-0.3, -0.25) is 14.4 Å². The van der Waals surface area contributed by atoms with E-state index in [9.17, 15) is 15.2 Å². The molecule has 3 rings (SSSR count). The van der Waals surface area contributed by atoms with E-state index in [1.165, 1.54) is 10.8 Å². The lowest BCUT2D eigenvalue weighted by Gasteiger charge is -2.20. The summed E-state index contributed by atoms with van der Waals surface area (Å²) in [6.45, 7) is 3.45. The van der Waals surface area contributed by atoms with E-state index in [1.807, 2.05) is 67.6 Å². The number of hydrogen-bond acceptors (Lipinski definition) is 4. The molecule has 6 heteroatoms. The molecule has 1 N–H and O–H groups in total. The zero-order valence-electron chi connectivity index (χ0n) is 15.4. The molecule has 1 aromatic heterocycles. The second kappa shape index (κ2) is 8.24. The molecule has 1 heterocycles. The standard InChI is InChI=1S/C22H18BrN3O2/c1-14-19(12-24)21(27)26(15(2)16-6-4-3-5-7-16)22(28)20(14)13-25-18-10-8-17(23)9-11-18/h3-11,13,15,28H,1-2H3. The summed E-state index contributed by atoms with van der Waals surface area (Å²) in [6.07, 6.45) is 1.49. The van der Waals surface area contributed by atoms with Crippen molar-refractivity contribution in [3.05, 3.63) is 91.7 Å². The Bertz CT molecular complexity index is 1130. The van der Waals surface area contributed by atoms with Crippen molar-refractivity contribution >= 4 is 27.8 Å². The first-order valence-corrected chi connectivity index (χ1v) is 9.46. The lowest BCUT2D eigenvalue weighted by atomic mass is 10.0. The van der Waals surface area contributed by atoms with E-state index < -0.39 is 11.6 Å². The molecule has 5 nitrogen and oxygen atoms in total. The van der Waals surface area contributed by atoms with Gasteiger partial charge in [0.2, 0.25) is 5.88 Å². The Labute approximate surface area is 171 Å². The number of hydrogen-bond donors (Lipinski definition) is 1. The molecule has 1 unspecified atom stereocenters. The number of rotatable bonds is 4. The van der Waals surface area contributed by atoms with Gasteiger partial charge in [0.15, 0.2) is 0 Å². The lowest BCUT2D eigenvalue weighted by molar-refractivity contribution is 0.393. The fourth-order valence-electron chi connectivity index (χ4n) is 3.00. The van der Waals surface area contributed by atoms with Gasteiger partial charge < -0.3 is 5.11 Å². The predicted octanol–water partition coefficient (Wildman–Crippen LogP) is 4.86. The number of aliphatic imine (C=N–C) groups is 1. The first kappa shape index (κ1) is 19.6. The van der Waals surface area contributed by atoms with Crippen LogP contribution >= 0.6 is 15.9 Å². The van der Waals surface area contributed by atoms with Crippen molar-refractivity contribution in [2.24, 2.45) is 4.99 Å². The largest absolute Gasteiger partial charge is 0.494 e. The molecule has 0 aliphatic heterocycles. The smallest absolute Gasteiger partial charge is 0.272 e. The summed E-state index contributed by atoms with van der Waals surface area (Å²) in [7, 11) is 0. The van der Waals surface area contributed by atoms with Gasteiger partial charge in [-0.1, -0.05) is 46.3 Å². The van der Waals surface area contributed by atoms with Gasteiger partial charge in [-0.05, 0) is 49.2 Å². The quantitative estimate of drug-likeness (QED) is 0.594. The Morgan fingerprint density at radius 3 is 2.43 bits per heavy atom. The molecule has 0 bridgehead atoms. The fraction of sp³-hybridized carbons (Fsp3) is 0.136. The van der Waals surface area contributed by atoms with Crippen molar-refractivity contribution < 1.29 is 5.11 Å². The molecule has 0 amide bonds. The summed E-state index contributed by atoms with van der Waals surface area (Å²) in [5.74, 6) is -0.210. The molecular formula is C22H18BrN3O2. The molecule has 0 aliphatic rings. The number of halogens is 1. The monoisotopic (exact) mass is 435 g/mol. The van der Waals surface area contributed by atoms with Crippen molar-refractivity contribution in [1.82, 2.24) is 4.57 Å². The molecule has 2 aromatic carbocycles. The van der Waals surface area contributed by atoms with Gasteiger partial charge in [-0.2, -0.15) is 5.26 Å². The summed E-state index contributed by atoms with van der Waals surface area (Å²) in [5, 5.41) is 20.4. The maximum absolute atomic E-state index is 12.9. The number of aromatic hydroxyl groups is 1. The van der Waals surface area contributed by atoms with E-state index in [2.05, 4.69) is 20.9 Å². The van der Waals surface area contributed by atoms with Gasteiger partial charge in [-0.15, -0.1) is 0 Å². The Balaban J connectivity index is 2.17. The minimum absolute atomic E-state index is 0.00200. The average Bonchev–Trinajstić information content (AvgIpc) is 2.70. The highest BCUT2D eigenvalue weighted by molar-refractivity contribution is 9.10. The van der Waals surface area contributed by atoms with Crippen LogP contribution in [0.4, 0.5) is 5.69 Å². The van der Waals surface area contributed by atoms with E-state index in [1.54, 1.807) is 6.92 Å². The molecule has 0 saturated carbocycles. The van der Waals surface area contributed by atoms with Gasteiger partial charge in [-0.25, -0.2) is 0 Å². The number of pyridine rings is 1. The highest BCUT2D eigenvalue weighted by Crippen LogP contribution is 2.27. The van der Waals surface area contributed by atoms with E-state index in [-0.39, 0.29) is 11.4 Å². The van der Waals surface area contributed by atoms with Crippen LogP contribution in [-0.2, 0) is 0 Å². The van der Waals surface area contributed by atoms with Crippen LogP contribution in [0.3, 0.4) is 0 Å². The lowest BCUT2D eigenvalue weighted by Crippen LogP contribution is -2.28. The summed E-state index contributed by atoms with van der Waals surface area (Å²) < 4.78 is 2.17. The van der Waals surface area contributed by atoms with E-state index >= 15 is 0 Å². The Hall–Kier alpha value is -3.17. The minimum Gasteiger partial charge on any atom is -0.494 e. The van der Waals surface area contributed by atoms with Crippen LogP contribution in [0.2, 0.25) is 0 Å². The van der Waals surface area contributed by atoms with E-state index in [4.69, 9.17) is 0 Å². The predicted molar refractivity (Wildman–Crippen MR) is 113 cm³/mol. The Morgan fingerprint density at radius 1 is 1.18 bits per heavy atom. The van der Waals surface area contributed by atoms with Crippen molar-refractivity contribution in [2.75, 3.05) is 0 Å². The summed E-state index contributed by atoms with van der Waals surface area (Å²) >= 11 is 3.37. The summed E-state index contributed by atoms with van der Waals surface area (Å²) in [4.78, 5) is 17.2. The van der Waals surface area contributed by atoms with Crippen LogP contribution in [0.15, 0.2) is 68.9 Å². The maximum Gasteiger partial charge on any atom is 0.272 e. The van der Waals surface area contributed by atoms with Crippen LogP contribution in [0.5, 0.6) is 5.88 Å². The van der Waals surface area contributed by atoms with Gasteiger partial charge in [0.1, 0.15) is 11.6 Å². The van der Waals surface area contributed by atoms with Crippen molar-refractivity contribution in [3.8, 4) is 11.9 Å². The van der Waals surface area contributed by atoms with Crippen molar-refractivity contribution in [1.29, 1.82) is 5.26 Å².